The summed E-state index contributed by atoms with van der Waals surface area (Å²) in [7, 11) is 0. The highest BCUT2D eigenvalue weighted by Crippen LogP contribution is 2.19. The molecule has 3 aromatic rings. The minimum Gasteiger partial charge on any atom is -0.322 e. The average molecular weight is 395 g/mol. The third-order valence-electron chi connectivity index (χ3n) is 5.02. The highest BCUT2D eigenvalue weighted by molar-refractivity contribution is 5.89. The summed E-state index contributed by atoms with van der Waals surface area (Å²) in [6, 6.07) is 14.4. The van der Waals surface area contributed by atoms with Gasteiger partial charge in [0.2, 0.25) is 0 Å². The van der Waals surface area contributed by atoms with Crippen LogP contribution in [0.2, 0.25) is 0 Å². The Bertz CT molecular complexity index is 941. The van der Waals surface area contributed by atoms with Crippen molar-refractivity contribution in [2.75, 3.05) is 38.0 Å². The highest BCUT2D eigenvalue weighted by atomic mass is 19.1. The molecule has 0 spiro atoms. The van der Waals surface area contributed by atoms with E-state index in [1.807, 2.05) is 18.2 Å². The average Bonchev–Trinajstić information content (AvgIpc) is 3.30. The fraction of sp³-hybridized carbons (Fsp3) is 0.300. The zero-order valence-corrected chi connectivity index (χ0v) is 15.9. The fourth-order valence-electron chi connectivity index (χ4n) is 3.33. The van der Waals surface area contributed by atoms with Crippen LogP contribution in [0.1, 0.15) is 5.56 Å². The number of rotatable bonds is 5. The van der Waals surface area contributed by atoms with E-state index in [2.05, 4.69) is 37.9 Å². The lowest BCUT2D eigenvalue weighted by molar-refractivity contribution is 0.148. The van der Waals surface area contributed by atoms with E-state index in [0.717, 1.165) is 26.1 Å². The van der Waals surface area contributed by atoms with Crippen LogP contribution in [0.4, 0.5) is 14.9 Å². The van der Waals surface area contributed by atoms with Crippen LogP contribution in [0.25, 0.3) is 5.69 Å². The van der Waals surface area contributed by atoms with E-state index in [0.29, 0.717) is 18.8 Å². The van der Waals surface area contributed by atoms with Gasteiger partial charge in [-0.05, 0) is 40.6 Å². The third kappa shape index (κ3) is 4.75. The summed E-state index contributed by atoms with van der Waals surface area (Å²) in [5, 5.41) is 13.6. The number of halogens is 1. The zero-order valence-electron chi connectivity index (χ0n) is 15.9. The minimum absolute atomic E-state index is 0.106. The summed E-state index contributed by atoms with van der Waals surface area (Å²) in [5.74, 6) is -0.503. The third-order valence-corrected chi connectivity index (χ3v) is 5.02. The maximum absolute atomic E-state index is 14.2. The molecule has 0 radical (unpaired) electrons. The number of aromatic nitrogens is 4. The van der Waals surface area contributed by atoms with Crippen LogP contribution < -0.4 is 5.32 Å². The Kier molecular flexibility index (Phi) is 5.76. The number of anilines is 1. The van der Waals surface area contributed by atoms with E-state index in [4.69, 9.17) is 0 Å². The summed E-state index contributed by atoms with van der Waals surface area (Å²) in [4.78, 5) is 16.6. The molecule has 0 aliphatic carbocycles. The Labute approximate surface area is 167 Å². The fourth-order valence-corrected chi connectivity index (χ4v) is 3.33. The maximum atomic E-state index is 14.2. The number of benzene rings is 2. The van der Waals surface area contributed by atoms with Crippen molar-refractivity contribution in [3.05, 3.63) is 66.2 Å². The van der Waals surface area contributed by atoms with Crippen molar-refractivity contribution in [3.63, 3.8) is 0 Å². The lowest BCUT2D eigenvalue weighted by atomic mass is 10.1. The number of carbonyl (C=O) groups excluding carboxylic acids is 1. The van der Waals surface area contributed by atoms with Crippen molar-refractivity contribution in [1.82, 2.24) is 30.0 Å². The standard InChI is InChI=1S/C20H22FN7O/c21-18-7-6-17(28-15-22-24-25-28)14-19(18)23-20(29)27-12-10-26(11-13-27)9-8-16-4-2-1-3-5-16/h1-7,14-15H,8-13H2,(H,23,29). The van der Waals surface area contributed by atoms with E-state index < -0.39 is 5.82 Å². The van der Waals surface area contributed by atoms with Crippen molar-refractivity contribution in [3.8, 4) is 5.69 Å². The van der Waals surface area contributed by atoms with E-state index in [1.165, 1.54) is 28.7 Å². The topological polar surface area (TPSA) is 79.2 Å². The monoisotopic (exact) mass is 395 g/mol. The van der Waals surface area contributed by atoms with Crippen LogP contribution in [-0.2, 0) is 6.42 Å². The molecule has 1 N–H and O–H groups in total. The predicted octanol–water partition coefficient (Wildman–Crippen LogP) is 2.19. The Morgan fingerprint density at radius 1 is 1.07 bits per heavy atom. The van der Waals surface area contributed by atoms with Crippen molar-refractivity contribution in [2.45, 2.75) is 6.42 Å². The van der Waals surface area contributed by atoms with Gasteiger partial charge in [-0.15, -0.1) is 5.10 Å². The number of nitrogens with zero attached hydrogens (tertiary/aromatic N) is 6. The molecule has 4 rings (SSSR count). The molecule has 1 saturated heterocycles. The Balaban J connectivity index is 1.30. The van der Waals surface area contributed by atoms with Gasteiger partial charge in [-0.1, -0.05) is 30.3 Å². The van der Waals surface area contributed by atoms with E-state index in [-0.39, 0.29) is 11.7 Å². The second-order valence-corrected chi connectivity index (χ2v) is 6.91. The minimum atomic E-state index is -0.503. The van der Waals surface area contributed by atoms with E-state index >= 15 is 0 Å². The summed E-state index contributed by atoms with van der Waals surface area (Å²) in [6.45, 7) is 3.77. The first-order valence-electron chi connectivity index (χ1n) is 9.54. The number of hydrogen-bond donors (Lipinski definition) is 1. The van der Waals surface area contributed by atoms with Crippen molar-refractivity contribution < 1.29 is 9.18 Å². The van der Waals surface area contributed by atoms with Crippen LogP contribution in [-0.4, -0.2) is 68.8 Å². The largest absolute Gasteiger partial charge is 0.322 e. The first-order valence-corrected chi connectivity index (χ1v) is 9.54. The van der Waals surface area contributed by atoms with Crippen LogP contribution in [0, 0.1) is 5.82 Å². The molecule has 2 amide bonds. The maximum Gasteiger partial charge on any atom is 0.322 e. The molecule has 0 unspecified atom stereocenters. The Morgan fingerprint density at radius 3 is 2.59 bits per heavy atom. The molecule has 1 aliphatic heterocycles. The van der Waals surface area contributed by atoms with Gasteiger partial charge in [0.1, 0.15) is 12.1 Å². The summed E-state index contributed by atoms with van der Waals surface area (Å²) in [6.07, 6.45) is 2.40. The van der Waals surface area contributed by atoms with Crippen molar-refractivity contribution in [2.24, 2.45) is 0 Å². The summed E-state index contributed by atoms with van der Waals surface area (Å²) in [5.41, 5.74) is 1.98. The molecule has 2 aromatic carbocycles. The SMILES string of the molecule is O=C(Nc1cc(-n2cnnn2)ccc1F)N1CCN(CCc2ccccc2)CC1. The lowest BCUT2D eigenvalue weighted by Crippen LogP contribution is -2.50. The van der Waals surface area contributed by atoms with Gasteiger partial charge in [-0.3, -0.25) is 4.90 Å². The van der Waals surface area contributed by atoms with Crippen molar-refractivity contribution >= 4 is 11.7 Å². The Hall–Kier alpha value is -3.33. The molecule has 150 valence electrons. The van der Waals surface area contributed by atoms with E-state index in [9.17, 15) is 9.18 Å². The number of carbonyl (C=O) groups is 1. The zero-order chi connectivity index (χ0) is 20.1. The van der Waals surface area contributed by atoms with Gasteiger partial charge in [0.05, 0.1) is 11.4 Å². The summed E-state index contributed by atoms with van der Waals surface area (Å²) < 4.78 is 15.6. The smallest absolute Gasteiger partial charge is 0.322 e. The van der Waals surface area contributed by atoms with Gasteiger partial charge >= 0.3 is 6.03 Å². The van der Waals surface area contributed by atoms with E-state index in [1.54, 1.807) is 11.0 Å². The second kappa shape index (κ2) is 8.78. The predicted molar refractivity (Wildman–Crippen MR) is 106 cm³/mol. The Morgan fingerprint density at radius 2 is 1.86 bits per heavy atom. The molecule has 8 nitrogen and oxygen atoms in total. The first-order chi connectivity index (χ1) is 14.2. The number of urea groups is 1. The van der Waals surface area contributed by atoms with Crippen molar-refractivity contribution in [1.29, 1.82) is 0 Å². The van der Waals surface area contributed by atoms with Gasteiger partial charge in [0, 0.05) is 32.7 Å². The van der Waals surface area contributed by atoms with Crippen LogP contribution >= 0.6 is 0 Å². The highest BCUT2D eigenvalue weighted by Gasteiger charge is 2.22. The quantitative estimate of drug-likeness (QED) is 0.717. The number of tetrazole rings is 1. The summed E-state index contributed by atoms with van der Waals surface area (Å²) >= 11 is 0. The van der Waals surface area contributed by atoms with Gasteiger partial charge in [-0.25, -0.2) is 13.9 Å². The second-order valence-electron chi connectivity index (χ2n) is 6.91. The van der Waals surface area contributed by atoms with Crippen LogP contribution in [0.15, 0.2) is 54.9 Å². The number of hydrogen-bond acceptors (Lipinski definition) is 5. The number of nitrogens with one attached hydrogen (secondary N) is 1. The normalized spacial score (nSPS) is 14.7. The van der Waals surface area contributed by atoms with Crippen LogP contribution in [0.3, 0.4) is 0 Å². The van der Waals surface area contributed by atoms with Gasteiger partial charge in [-0.2, -0.15) is 0 Å². The number of amides is 2. The molecule has 1 aromatic heterocycles. The van der Waals surface area contributed by atoms with Gasteiger partial charge < -0.3 is 10.2 Å². The molecule has 1 fully saturated rings. The molecule has 0 saturated carbocycles. The molecule has 1 aliphatic rings. The molecule has 0 bridgehead atoms. The molecule has 2 heterocycles. The van der Waals surface area contributed by atoms with Crippen LogP contribution in [0.5, 0.6) is 0 Å². The molecule has 29 heavy (non-hydrogen) atoms. The molecular formula is C20H22FN7O. The molecule has 0 atom stereocenters. The lowest BCUT2D eigenvalue weighted by Gasteiger charge is -2.34. The van der Waals surface area contributed by atoms with Gasteiger partial charge in [0.15, 0.2) is 0 Å². The molecular weight excluding hydrogens is 373 g/mol. The number of piperazine rings is 1. The first kappa shape index (κ1) is 19.0. The van der Waals surface area contributed by atoms with Gasteiger partial charge in [0.25, 0.3) is 0 Å². The molecule has 9 heteroatoms.